The van der Waals surface area contributed by atoms with E-state index in [1.54, 1.807) is 0 Å². The van der Waals surface area contributed by atoms with E-state index < -0.39 is 0 Å². The van der Waals surface area contributed by atoms with Gasteiger partial charge in [0.15, 0.2) is 0 Å². The van der Waals surface area contributed by atoms with Crippen molar-refractivity contribution >= 4 is 23.4 Å². The predicted molar refractivity (Wildman–Crippen MR) is 130 cm³/mol. The predicted octanol–water partition coefficient (Wildman–Crippen LogP) is 6.43. The zero-order chi connectivity index (χ0) is 22.6. The van der Waals surface area contributed by atoms with Crippen LogP contribution >= 0.6 is 11.8 Å². The van der Waals surface area contributed by atoms with Crippen LogP contribution in [-0.2, 0) is 10.2 Å². The van der Waals surface area contributed by atoms with Gasteiger partial charge in [-0.15, -0.1) is 22.0 Å². The standard InChI is InChI=1S/C26H25N3O2S/c1-26(2,3)20-13-9-18(10-14-20)24-28-29-25(31-24)19-11-15-21(16-12-19)27-23(30)17-32-22-7-5-4-6-8-22/h4-16H,17H2,1-3H3,(H,27,30). The topological polar surface area (TPSA) is 68.0 Å². The monoisotopic (exact) mass is 443 g/mol. The molecule has 0 atom stereocenters. The third-order valence-electron chi connectivity index (χ3n) is 4.95. The Morgan fingerprint density at radius 2 is 1.41 bits per heavy atom. The van der Waals surface area contributed by atoms with Crippen LogP contribution < -0.4 is 5.32 Å². The average Bonchev–Trinajstić information content (AvgIpc) is 3.29. The number of thioether (sulfide) groups is 1. The fraction of sp³-hybridized carbons (Fsp3) is 0.192. The maximum Gasteiger partial charge on any atom is 0.248 e. The molecule has 0 aliphatic rings. The van der Waals surface area contributed by atoms with E-state index in [0.717, 1.165) is 21.7 Å². The zero-order valence-corrected chi connectivity index (χ0v) is 19.1. The fourth-order valence-electron chi connectivity index (χ4n) is 3.13. The number of rotatable bonds is 6. The molecule has 0 fully saturated rings. The van der Waals surface area contributed by atoms with E-state index in [4.69, 9.17) is 4.42 Å². The minimum absolute atomic E-state index is 0.0506. The summed E-state index contributed by atoms with van der Waals surface area (Å²) in [5.74, 6) is 1.23. The Morgan fingerprint density at radius 3 is 1.97 bits per heavy atom. The Hall–Kier alpha value is -3.38. The molecule has 32 heavy (non-hydrogen) atoms. The highest BCUT2D eigenvalue weighted by molar-refractivity contribution is 8.00. The average molecular weight is 444 g/mol. The van der Waals surface area contributed by atoms with Gasteiger partial charge in [0.25, 0.3) is 0 Å². The van der Waals surface area contributed by atoms with Gasteiger partial charge < -0.3 is 9.73 Å². The molecule has 0 aliphatic heterocycles. The van der Waals surface area contributed by atoms with Crippen LogP contribution in [0, 0.1) is 0 Å². The normalized spacial score (nSPS) is 11.3. The lowest BCUT2D eigenvalue weighted by atomic mass is 9.87. The van der Waals surface area contributed by atoms with Crippen molar-refractivity contribution in [2.45, 2.75) is 31.1 Å². The molecule has 162 valence electrons. The maximum atomic E-state index is 12.2. The first kappa shape index (κ1) is 21.8. The minimum Gasteiger partial charge on any atom is -0.416 e. The highest BCUT2D eigenvalue weighted by atomic mass is 32.2. The van der Waals surface area contributed by atoms with Crippen molar-refractivity contribution in [2.24, 2.45) is 0 Å². The van der Waals surface area contributed by atoms with Crippen molar-refractivity contribution in [1.29, 1.82) is 0 Å². The summed E-state index contributed by atoms with van der Waals surface area (Å²) in [6.07, 6.45) is 0. The Morgan fingerprint density at radius 1 is 0.844 bits per heavy atom. The molecule has 0 spiro atoms. The van der Waals surface area contributed by atoms with Gasteiger partial charge in [-0.05, 0) is 59.5 Å². The van der Waals surface area contributed by atoms with Crippen molar-refractivity contribution in [1.82, 2.24) is 10.2 Å². The molecule has 0 unspecified atom stereocenters. The molecule has 0 bridgehead atoms. The van der Waals surface area contributed by atoms with Crippen LogP contribution in [0.15, 0.2) is 88.2 Å². The molecule has 1 N–H and O–H groups in total. The van der Waals surface area contributed by atoms with E-state index in [0.29, 0.717) is 17.5 Å². The number of aromatic nitrogens is 2. The summed E-state index contributed by atoms with van der Waals surface area (Å²) in [7, 11) is 0. The molecule has 0 aliphatic carbocycles. The van der Waals surface area contributed by atoms with Crippen molar-refractivity contribution in [3.63, 3.8) is 0 Å². The summed E-state index contributed by atoms with van der Waals surface area (Å²) in [4.78, 5) is 13.3. The smallest absolute Gasteiger partial charge is 0.248 e. The Labute approximate surface area is 192 Å². The Balaban J connectivity index is 1.38. The molecule has 3 aromatic carbocycles. The maximum absolute atomic E-state index is 12.2. The van der Waals surface area contributed by atoms with Crippen LogP contribution in [0.3, 0.4) is 0 Å². The van der Waals surface area contributed by atoms with Crippen LogP contribution in [0.1, 0.15) is 26.3 Å². The molecule has 4 rings (SSSR count). The first-order chi connectivity index (χ1) is 15.4. The SMILES string of the molecule is CC(C)(C)c1ccc(-c2nnc(-c3ccc(NC(=O)CSc4ccccc4)cc3)o2)cc1. The van der Waals surface area contributed by atoms with Gasteiger partial charge >= 0.3 is 0 Å². The van der Waals surface area contributed by atoms with Gasteiger partial charge in [0.1, 0.15) is 0 Å². The second-order valence-electron chi connectivity index (χ2n) is 8.47. The molecular weight excluding hydrogens is 418 g/mol. The third kappa shape index (κ3) is 5.45. The summed E-state index contributed by atoms with van der Waals surface area (Å²) in [6, 6.07) is 25.4. The zero-order valence-electron chi connectivity index (χ0n) is 18.3. The number of nitrogens with one attached hydrogen (secondary N) is 1. The molecule has 1 amide bonds. The summed E-state index contributed by atoms with van der Waals surface area (Å²) in [5.41, 5.74) is 3.75. The number of anilines is 1. The van der Waals surface area contributed by atoms with Gasteiger partial charge in [-0.3, -0.25) is 4.79 Å². The van der Waals surface area contributed by atoms with Gasteiger partial charge in [0.2, 0.25) is 17.7 Å². The molecule has 0 saturated heterocycles. The van der Waals surface area contributed by atoms with Gasteiger partial charge in [0.05, 0.1) is 5.75 Å². The Kier molecular flexibility index (Phi) is 6.42. The van der Waals surface area contributed by atoms with E-state index in [1.807, 2.05) is 66.7 Å². The molecule has 0 saturated carbocycles. The van der Waals surface area contributed by atoms with Crippen molar-refractivity contribution < 1.29 is 9.21 Å². The molecule has 1 heterocycles. The first-order valence-corrected chi connectivity index (χ1v) is 11.4. The van der Waals surface area contributed by atoms with Gasteiger partial charge in [0, 0.05) is 21.7 Å². The number of hydrogen-bond donors (Lipinski definition) is 1. The Bertz CT molecular complexity index is 1180. The summed E-state index contributed by atoms with van der Waals surface area (Å²) in [5, 5.41) is 11.3. The number of nitrogens with zero attached hydrogens (tertiary/aromatic N) is 2. The van der Waals surface area contributed by atoms with Crippen molar-refractivity contribution in [3.8, 4) is 22.9 Å². The molecular formula is C26H25N3O2S. The lowest BCUT2D eigenvalue weighted by molar-refractivity contribution is -0.113. The molecule has 0 radical (unpaired) electrons. The van der Waals surface area contributed by atoms with Crippen molar-refractivity contribution in [2.75, 3.05) is 11.1 Å². The van der Waals surface area contributed by atoms with Gasteiger partial charge in [-0.1, -0.05) is 51.1 Å². The molecule has 4 aromatic rings. The summed E-state index contributed by atoms with van der Waals surface area (Å²) < 4.78 is 5.88. The highest BCUT2D eigenvalue weighted by Crippen LogP contribution is 2.28. The number of benzene rings is 3. The van der Waals surface area contributed by atoms with E-state index in [9.17, 15) is 4.79 Å². The van der Waals surface area contributed by atoms with Crippen LogP contribution in [0.2, 0.25) is 0 Å². The van der Waals surface area contributed by atoms with Gasteiger partial charge in [-0.2, -0.15) is 0 Å². The lowest BCUT2D eigenvalue weighted by Gasteiger charge is -2.18. The van der Waals surface area contributed by atoms with Crippen LogP contribution in [-0.4, -0.2) is 21.9 Å². The number of carbonyl (C=O) groups is 1. The highest BCUT2D eigenvalue weighted by Gasteiger charge is 2.15. The number of amides is 1. The second-order valence-corrected chi connectivity index (χ2v) is 9.52. The lowest BCUT2D eigenvalue weighted by Crippen LogP contribution is -2.13. The van der Waals surface area contributed by atoms with E-state index >= 15 is 0 Å². The van der Waals surface area contributed by atoms with Crippen LogP contribution in [0.25, 0.3) is 22.9 Å². The molecule has 1 aromatic heterocycles. The van der Waals surface area contributed by atoms with E-state index in [2.05, 4.69) is 48.4 Å². The van der Waals surface area contributed by atoms with Crippen LogP contribution in [0.5, 0.6) is 0 Å². The van der Waals surface area contributed by atoms with Crippen LogP contribution in [0.4, 0.5) is 5.69 Å². The second kappa shape index (κ2) is 9.40. The van der Waals surface area contributed by atoms with Crippen molar-refractivity contribution in [3.05, 3.63) is 84.4 Å². The summed E-state index contributed by atoms with van der Waals surface area (Å²) in [6.45, 7) is 6.54. The molecule has 5 nitrogen and oxygen atoms in total. The first-order valence-electron chi connectivity index (χ1n) is 10.4. The van der Waals surface area contributed by atoms with E-state index in [-0.39, 0.29) is 11.3 Å². The fourth-order valence-corrected chi connectivity index (χ4v) is 3.85. The molecule has 6 heteroatoms. The van der Waals surface area contributed by atoms with Gasteiger partial charge in [-0.25, -0.2) is 0 Å². The third-order valence-corrected chi connectivity index (χ3v) is 5.96. The van der Waals surface area contributed by atoms with E-state index in [1.165, 1.54) is 17.3 Å². The summed E-state index contributed by atoms with van der Waals surface area (Å²) >= 11 is 1.51. The quantitative estimate of drug-likeness (QED) is 0.348. The number of carbonyl (C=O) groups excluding carboxylic acids is 1. The number of hydrogen-bond acceptors (Lipinski definition) is 5. The largest absolute Gasteiger partial charge is 0.416 e. The minimum atomic E-state index is -0.0506.